The van der Waals surface area contributed by atoms with Gasteiger partial charge < -0.3 is 19.2 Å². The van der Waals surface area contributed by atoms with Crippen molar-refractivity contribution in [3.05, 3.63) is 88.1 Å². The van der Waals surface area contributed by atoms with Crippen molar-refractivity contribution in [2.75, 3.05) is 26.6 Å². The fraction of sp³-hybridized carbons (Fsp3) is 0.269. The van der Waals surface area contributed by atoms with E-state index in [0.29, 0.717) is 28.7 Å². The van der Waals surface area contributed by atoms with E-state index in [9.17, 15) is 8.42 Å². The van der Waals surface area contributed by atoms with Gasteiger partial charge in [-0.3, -0.25) is 0 Å². The molecule has 0 bridgehead atoms. The maximum Gasteiger partial charge on any atom is 0.168 e. The predicted octanol–water partition coefficient (Wildman–Crippen LogP) is 5.70. The van der Waals surface area contributed by atoms with Gasteiger partial charge in [0.25, 0.3) is 0 Å². The van der Waals surface area contributed by atoms with Crippen LogP contribution in [0.15, 0.2) is 77.0 Å². The Morgan fingerprint density at radius 1 is 1.20 bits per heavy atom. The van der Waals surface area contributed by atoms with Gasteiger partial charge in [0, 0.05) is 58.3 Å². The lowest BCUT2D eigenvalue weighted by atomic mass is 10.00. The second kappa shape index (κ2) is 12.1. The average Bonchev–Trinajstić information content (AvgIpc) is 3.26. The minimum Gasteiger partial charge on any atom is -0.490 e. The minimum absolute atomic E-state index is 0.107. The van der Waals surface area contributed by atoms with Gasteiger partial charge in [-0.1, -0.05) is 42.0 Å². The Hall–Kier alpha value is -3.07. The first kappa shape index (κ1) is 26.5. The SMILES string of the molecule is C\C=C(Cl)/C(=C\C=C\S(C)(=O)=O)COc1cccc(C(OC)c2c[nH]c3ncccc23)c1OCC. The number of para-hydroxylation sites is 1. The molecule has 0 radical (unpaired) electrons. The smallest absolute Gasteiger partial charge is 0.168 e. The molecule has 1 unspecified atom stereocenters. The summed E-state index contributed by atoms with van der Waals surface area (Å²) in [5, 5.41) is 2.52. The molecule has 1 N–H and O–H groups in total. The Balaban J connectivity index is 1.98. The number of pyridine rings is 1. The zero-order valence-corrected chi connectivity index (χ0v) is 21.7. The van der Waals surface area contributed by atoms with Crippen LogP contribution >= 0.6 is 11.6 Å². The van der Waals surface area contributed by atoms with Crippen molar-refractivity contribution >= 4 is 32.5 Å². The van der Waals surface area contributed by atoms with Crippen molar-refractivity contribution in [2.24, 2.45) is 0 Å². The molecule has 1 atom stereocenters. The molecular weight excluding hydrogens is 488 g/mol. The topological polar surface area (TPSA) is 90.5 Å². The van der Waals surface area contributed by atoms with E-state index in [1.807, 2.05) is 43.5 Å². The molecule has 2 aromatic heterocycles. The van der Waals surface area contributed by atoms with Crippen LogP contribution in [0.25, 0.3) is 11.0 Å². The second-order valence-corrected chi connectivity index (χ2v) is 9.98. The number of aromatic nitrogens is 2. The summed E-state index contributed by atoms with van der Waals surface area (Å²) in [5.41, 5.74) is 3.12. The molecule has 186 valence electrons. The largest absolute Gasteiger partial charge is 0.490 e. The number of benzene rings is 1. The molecule has 1 aromatic carbocycles. The molecule has 0 aliphatic carbocycles. The van der Waals surface area contributed by atoms with Gasteiger partial charge in [0.05, 0.1) is 6.61 Å². The summed E-state index contributed by atoms with van der Waals surface area (Å²) in [6.07, 6.45) is 9.09. The van der Waals surface area contributed by atoms with Gasteiger partial charge in [0.15, 0.2) is 21.3 Å². The number of hydrogen-bond acceptors (Lipinski definition) is 6. The second-order valence-electron chi connectivity index (χ2n) is 7.64. The third-order valence-electron chi connectivity index (χ3n) is 5.15. The zero-order valence-electron chi connectivity index (χ0n) is 20.1. The van der Waals surface area contributed by atoms with E-state index in [4.69, 9.17) is 25.8 Å². The van der Waals surface area contributed by atoms with E-state index in [1.54, 1.807) is 32.4 Å². The molecule has 0 amide bonds. The highest BCUT2D eigenvalue weighted by molar-refractivity contribution is 7.93. The van der Waals surface area contributed by atoms with Crippen LogP contribution in [-0.4, -0.2) is 45.0 Å². The van der Waals surface area contributed by atoms with Crippen molar-refractivity contribution < 1.29 is 22.6 Å². The van der Waals surface area contributed by atoms with Gasteiger partial charge in [0.2, 0.25) is 0 Å². The lowest BCUT2D eigenvalue weighted by Gasteiger charge is -2.21. The van der Waals surface area contributed by atoms with Crippen LogP contribution in [-0.2, 0) is 14.6 Å². The van der Waals surface area contributed by atoms with E-state index >= 15 is 0 Å². The third kappa shape index (κ3) is 6.75. The number of nitrogens with zero attached hydrogens (tertiary/aromatic N) is 1. The number of halogens is 1. The Morgan fingerprint density at radius 3 is 2.69 bits per heavy atom. The number of nitrogens with one attached hydrogen (secondary N) is 1. The van der Waals surface area contributed by atoms with Gasteiger partial charge in [0.1, 0.15) is 18.4 Å². The van der Waals surface area contributed by atoms with E-state index in [0.717, 1.165) is 33.8 Å². The molecule has 0 spiro atoms. The highest BCUT2D eigenvalue weighted by atomic mass is 35.5. The summed E-state index contributed by atoms with van der Waals surface area (Å²) in [5.74, 6) is 1.07. The molecule has 3 aromatic rings. The third-order valence-corrected chi connectivity index (χ3v) is 6.26. The molecule has 3 rings (SSSR count). The standard InChI is InChI=1S/C26H29ClN2O5S/c1-5-22(27)18(10-9-15-35(4,30)31)17-34-23-13-7-11-20(25(23)33-6-2)24(32-3)21-16-29-26-19(21)12-8-14-28-26/h5,7-16,24H,6,17H2,1-4H3,(H,28,29)/b15-9+,18-10-,22-5+. The van der Waals surface area contributed by atoms with Crippen molar-refractivity contribution in [1.29, 1.82) is 0 Å². The summed E-state index contributed by atoms with van der Waals surface area (Å²) >= 11 is 6.34. The number of H-pyrrole nitrogens is 1. The van der Waals surface area contributed by atoms with Crippen LogP contribution in [0.1, 0.15) is 31.1 Å². The molecule has 35 heavy (non-hydrogen) atoms. The molecule has 9 heteroatoms. The van der Waals surface area contributed by atoms with E-state index in [2.05, 4.69) is 9.97 Å². The number of methoxy groups -OCH3 is 1. The maximum absolute atomic E-state index is 11.4. The summed E-state index contributed by atoms with van der Waals surface area (Å²) in [7, 11) is -1.62. The fourth-order valence-electron chi connectivity index (χ4n) is 3.60. The number of sulfone groups is 1. The number of allylic oxidation sites excluding steroid dienone is 3. The molecular formula is C26H29ClN2O5S. The first-order valence-corrected chi connectivity index (χ1v) is 13.3. The molecule has 7 nitrogen and oxygen atoms in total. The van der Waals surface area contributed by atoms with Crippen LogP contribution in [0.3, 0.4) is 0 Å². The van der Waals surface area contributed by atoms with Crippen LogP contribution in [0, 0.1) is 0 Å². The lowest BCUT2D eigenvalue weighted by molar-refractivity contribution is 0.133. The highest BCUT2D eigenvalue weighted by Gasteiger charge is 2.24. The van der Waals surface area contributed by atoms with Gasteiger partial charge in [-0.25, -0.2) is 13.4 Å². The number of fused-ring (bicyclic) bond motifs is 1. The predicted molar refractivity (Wildman–Crippen MR) is 140 cm³/mol. The molecule has 0 fully saturated rings. The lowest BCUT2D eigenvalue weighted by Crippen LogP contribution is -2.09. The number of hydrogen-bond donors (Lipinski definition) is 1. The van der Waals surface area contributed by atoms with Gasteiger partial charge in [-0.15, -0.1) is 0 Å². The Bertz CT molecular complexity index is 1360. The quantitative estimate of drug-likeness (QED) is 0.328. The van der Waals surface area contributed by atoms with Crippen molar-refractivity contribution in [2.45, 2.75) is 20.0 Å². The molecule has 0 aliphatic heterocycles. The van der Waals surface area contributed by atoms with Crippen LogP contribution in [0.5, 0.6) is 11.5 Å². The van der Waals surface area contributed by atoms with E-state index < -0.39 is 15.9 Å². The normalized spacial score (nSPS) is 14.0. The van der Waals surface area contributed by atoms with Crippen LogP contribution < -0.4 is 9.47 Å². The Kier molecular flexibility index (Phi) is 9.14. The minimum atomic E-state index is -3.26. The Labute approximate surface area is 211 Å². The molecule has 0 saturated carbocycles. The summed E-state index contributed by atoms with van der Waals surface area (Å²) in [6, 6.07) is 9.49. The Morgan fingerprint density at radius 2 is 2.00 bits per heavy atom. The van der Waals surface area contributed by atoms with Crippen LogP contribution in [0.4, 0.5) is 0 Å². The molecule has 2 heterocycles. The first-order valence-electron chi connectivity index (χ1n) is 11.0. The van der Waals surface area contributed by atoms with Gasteiger partial charge >= 0.3 is 0 Å². The monoisotopic (exact) mass is 516 g/mol. The maximum atomic E-state index is 11.4. The van der Waals surface area contributed by atoms with Crippen molar-refractivity contribution in [3.63, 3.8) is 0 Å². The number of rotatable bonds is 11. The summed E-state index contributed by atoms with van der Waals surface area (Å²) in [4.78, 5) is 7.55. The van der Waals surface area contributed by atoms with Crippen molar-refractivity contribution in [3.8, 4) is 11.5 Å². The first-order chi connectivity index (χ1) is 16.8. The number of aromatic amines is 1. The molecule has 0 aliphatic rings. The zero-order chi connectivity index (χ0) is 25.4. The molecule has 0 saturated heterocycles. The number of ether oxygens (including phenoxy) is 3. The van der Waals surface area contributed by atoms with E-state index in [-0.39, 0.29) is 6.61 Å². The van der Waals surface area contributed by atoms with Gasteiger partial charge in [-0.05, 0) is 32.0 Å². The van der Waals surface area contributed by atoms with Crippen molar-refractivity contribution in [1.82, 2.24) is 9.97 Å². The van der Waals surface area contributed by atoms with Crippen LogP contribution in [0.2, 0.25) is 0 Å². The fourth-order valence-corrected chi connectivity index (χ4v) is 4.08. The van der Waals surface area contributed by atoms with Gasteiger partial charge in [-0.2, -0.15) is 0 Å². The average molecular weight is 517 g/mol. The highest BCUT2D eigenvalue weighted by Crippen LogP contribution is 2.41. The summed E-state index contributed by atoms with van der Waals surface area (Å²) in [6.45, 7) is 4.22. The summed E-state index contributed by atoms with van der Waals surface area (Å²) < 4.78 is 40.9. The van der Waals surface area contributed by atoms with E-state index in [1.165, 1.54) is 6.08 Å².